The SMILES string of the molecule is CCOc1cc([C@]2(F)C[C@H](Oc3ccc(-c4cc([O-])no4)cn3)C2)ccn1.[Na+]. The minimum atomic E-state index is -1.45. The van der Waals surface area contributed by atoms with Crippen LogP contribution in [0.4, 0.5) is 4.39 Å². The largest absolute Gasteiger partial charge is 1.00 e. The molecule has 0 saturated heterocycles. The van der Waals surface area contributed by atoms with Gasteiger partial charge in [-0.2, -0.15) is 0 Å². The molecule has 4 rings (SSSR count). The van der Waals surface area contributed by atoms with Gasteiger partial charge < -0.3 is 19.1 Å². The first-order valence-corrected chi connectivity index (χ1v) is 8.61. The maximum absolute atomic E-state index is 15.1. The van der Waals surface area contributed by atoms with Crippen LogP contribution in [0.1, 0.15) is 25.3 Å². The molecule has 0 radical (unpaired) electrons. The average Bonchev–Trinajstić information content (AvgIpc) is 3.08. The second-order valence-corrected chi connectivity index (χ2v) is 6.34. The minimum Gasteiger partial charge on any atom is -0.856 e. The van der Waals surface area contributed by atoms with Gasteiger partial charge in [0, 0.05) is 48.8 Å². The number of hydrogen-bond donors (Lipinski definition) is 0. The molecule has 1 saturated carbocycles. The van der Waals surface area contributed by atoms with Crippen molar-refractivity contribution in [3.8, 4) is 29.0 Å². The van der Waals surface area contributed by atoms with Crippen molar-refractivity contribution in [2.24, 2.45) is 0 Å². The number of aromatic nitrogens is 3. The van der Waals surface area contributed by atoms with Crippen LogP contribution in [0.3, 0.4) is 0 Å². The molecular formula is C19H17FN3NaO4. The van der Waals surface area contributed by atoms with E-state index in [1.54, 1.807) is 30.5 Å². The third kappa shape index (κ3) is 4.29. The summed E-state index contributed by atoms with van der Waals surface area (Å²) in [5.41, 5.74) is -0.294. The van der Waals surface area contributed by atoms with Crippen LogP contribution < -0.4 is 44.1 Å². The first-order valence-electron chi connectivity index (χ1n) is 8.61. The summed E-state index contributed by atoms with van der Waals surface area (Å²) < 4.78 is 31.0. The van der Waals surface area contributed by atoms with Gasteiger partial charge in [-0.3, -0.25) is 0 Å². The second-order valence-electron chi connectivity index (χ2n) is 6.34. The zero-order valence-electron chi connectivity index (χ0n) is 15.6. The van der Waals surface area contributed by atoms with Crippen molar-refractivity contribution >= 4 is 0 Å². The number of pyridine rings is 2. The van der Waals surface area contributed by atoms with E-state index in [1.807, 2.05) is 6.92 Å². The Morgan fingerprint density at radius 2 is 2.04 bits per heavy atom. The number of ether oxygens (including phenoxy) is 2. The molecule has 1 aliphatic rings. The Bertz CT molecular complexity index is 929. The topological polar surface area (TPSA) is 93.3 Å². The number of halogens is 1. The Morgan fingerprint density at radius 3 is 2.68 bits per heavy atom. The zero-order valence-corrected chi connectivity index (χ0v) is 17.6. The van der Waals surface area contributed by atoms with Gasteiger partial charge in [0.05, 0.1) is 6.61 Å². The van der Waals surface area contributed by atoms with Gasteiger partial charge in [0.2, 0.25) is 11.8 Å². The van der Waals surface area contributed by atoms with Gasteiger partial charge in [-0.05, 0) is 30.7 Å². The summed E-state index contributed by atoms with van der Waals surface area (Å²) in [5, 5.41) is 14.4. The summed E-state index contributed by atoms with van der Waals surface area (Å²) in [7, 11) is 0. The molecule has 7 nitrogen and oxygen atoms in total. The van der Waals surface area contributed by atoms with E-state index in [0.29, 0.717) is 35.3 Å². The van der Waals surface area contributed by atoms with Crippen molar-refractivity contribution in [1.29, 1.82) is 0 Å². The van der Waals surface area contributed by atoms with Gasteiger partial charge in [0.1, 0.15) is 11.8 Å². The van der Waals surface area contributed by atoms with Crippen LogP contribution in [0.25, 0.3) is 11.3 Å². The van der Waals surface area contributed by atoms with E-state index < -0.39 is 11.5 Å². The van der Waals surface area contributed by atoms with E-state index in [-0.39, 0.29) is 48.5 Å². The zero-order chi connectivity index (χ0) is 18.9. The molecule has 3 aromatic rings. The molecule has 9 heteroatoms. The summed E-state index contributed by atoms with van der Waals surface area (Å²) >= 11 is 0. The Labute approximate surface area is 183 Å². The van der Waals surface area contributed by atoms with Gasteiger partial charge >= 0.3 is 29.6 Å². The Balaban J connectivity index is 0.00000225. The molecule has 0 unspecified atom stereocenters. The van der Waals surface area contributed by atoms with E-state index in [1.165, 1.54) is 12.3 Å². The Morgan fingerprint density at radius 1 is 1.21 bits per heavy atom. The smallest absolute Gasteiger partial charge is 0.856 e. The maximum Gasteiger partial charge on any atom is 1.00 e. The van der Waals surface area contributed by atoms with Gasteiger partial charge in [-0.1, -0.05) is 5.16 Å². The molecule has 0 spiro atoms. The van der Waals surface area contributed by atoms with Crippen molar-refractivity contribution in [3.05, 3.63) is 48.3 Å². The summed E-state index contributed by atoms with van der Waals surface area (Å²) in [4.78, 5) is 8.24. The van der Waals surface area contributed by atoms with Crippen molar-refractivity contribution in [2.75, 3.05) is 6.61 Å². The first-order chi connectivity index (χ1) is 13.1. The van der Waals surface area contributed by atoms with E-state index in [9.17, 15) is 5.11 Å². The quantitative estimate of drug-likeness (QED) is 0.545. The van der Waals surface area contributed by atoms with Crippen molar-refractivity contribution in [2.45, 2.75) is 31.5 Å². The van der Waals surface area contributed by atoms with Crippen LogP contribution in [0, 0.1) is 0 Å². The molecule has 0 amide bonds. The molecule has 0 N–H and O–H groups in total. The number of rotatable bonds is 6. The fraction of sp³-hybridized carbons (Fsp3) is 0.316. The van der Waals surface area contributed by atoms with Crippen molar-refractivity contribution in [1.82, 2.24) is 15.1 Å². The Hall–Kier alpha value is -2.16. The Kier molecular flexibility index (Phi) is 6.22. The maximum atomic E-state index is 15.1. The third-order valence-corrected chi connectivity index (χ3v) is 4.44. The van der Waals surface area contributed by atoms with Crippen LogP contribution in [0.5, 0.6) is 17.6 Å². The predicted octanol–water partition coefficient (Wildman–Crippen LogP) is 0.0141. The van der Waals surface area contributed by atoms with Crippen LogP contribution in [-0.2, 0) is 5.67 Å². The first kappa shape index (κ1) is 20.6. The van der Waals surface area contributed by atoms with E-state index in [2.05, 4.69) is 15.1 Å². The van der Waals surface area contributed by atoms with E-state index in [4.69, 9.17) is 14.0 Å². The molecular weight excluding hydrogens is 376 g/mol. The molecule has 28 heavy (non-hydrogen) atoms. The molecule has 0 aliphatic heterocycles. The molecule has 0 bridgehead atoms. The molecule has 3 heterocycles. The van der Waals surface area contributed by atoms with Crippen LogP contribution in [-0.4, -0.2) is 27.8 Å². The number of hydrogen-bond acceptors (Lipinski definition) is 7. The van der Waals surface area contributed by atoms with Gasteiger partial charge in [0.25, 0.3) is 0 Å². The number of nitrogens with zero attached hydrogens (tertiary/aromatic N) is 3. The fourth-order valence-corrected chi connectivity index (χ4v) is 3.06. The van der Waals surface area contributed by atoms with E-state index in [0.717, 1.165) is 0 Å². The summed E-state index contributed by atoms with van der Waals surface area (Å²) in [5.74, 6) is 0.704. The summed E-state index contributed by atoms with van der Waals surface area (Å²) in [6, 6.07) is 7.94. The molecule has 0 aromatic carbocycles. The standard InChI is InChI=1S/C19H18FN3O4.Na/c1-2-25-18-7-13(5-6-21-18)19(20)9-14(10-19)26-17-4-3-12(11-22-17)15-8-16(24)23-27-15;/h3-8,11,14H,2,9-10H2,1H3,(H,23,24);/q;+1/p-1/t14-,19-;. The van der Waals surface area contributed by atoms with Crippen LogP contribution in [0.2, 0.25) is 0 Å². The van der Waals surface area contributed by atoms with Crippen LogP contribution in [0.15, 0.2) is 47.2 Å². The van der Waals surface area contributed by atoms with Gasteiger partial charge in [-0.15, -0.1) is 0 Å². The molecule has 1 aliphatic carbocycles. The van der Waals surface area contributed by atoms with Gasteiger partial charge in [0.15, 0.2) is 5.76 Å². The fourth-order valence-electron chi connectivity index (χ4n) is 3.06. The van der Waals surface area contributed by atoms with Crippen molar-refractivity contribution in [3.63, 3.8) is 0 Å². The van der Waals surface area contributed by atoms with Crippen molar-refractivity contribution < 1.29 is 53.1 Å². The summed E-state index contributed by atoms with van der Waals surface area (Å²) in [6.07, 6.45) is 3.26. The second kappa shape index (κ2) is 8.46. The molecule has 0 atom stereocenters. The van der Waals surface area contributed by atoms with Crippen LogP contribution >= 0.6 is 0 Å². The molecule has 3 aromatic heterocycles. The molecule has 140 valence electrons. The minimum absolute atomic E-state index is 0. The van der Waals surface area contributed by atoms with E-state index >= 15 is 4.39 Å². The third-order valence-electron chi connectivity index (χ3n) is 4.44. The van der Waals surface area contributed by atoms with Gasteiger partial charge in [-0.25, -0.2) is 14.4 Å². The molecule has 1 fully saturated rings. The normalized spacial score (nSPS) is 20.7. The predicted molar refractivity (Wildman–Crippen MR) is 91.0 cm³/mol. The average molecular weight is 393 g/mol. The monoisotopic (exact) mass is 393 g/mol. The number of alkyl halides is 1. The summed E-state index contributed by atoms with van der Waals surface area (Å²) in [6.45, 7) is 2.33.